The van der Waals surface area contributed by atoms with Gasteiger partial charge in [-0.15, -0.1) is 0 Å². The third-order valence-electron chi connectivity index (χ3n) is 1.35. The Balaban J connectivity index is 3.09. The first-order valence-corrected chi connectivity index (χ1v) is 4.49. The van der Waals surface area contributed by atoms with Gasteiger partial charge in [0.15, 0.2) is 0 Å². The molecule has 0 N–H and O–H groups in total. The van der Waals surface area contributed by atoms with Crippen LogP contribution in [0.15, 0.2) is 6.07 Å². The number of hydrogen-bond acceptors (Lipinski definition) is 3. The molecule has 0 bridgehead atoms. The predicted octanol–water partition coefficient (Wildman–Crippen LogP) is 1.98. The van der Waals surface area contributed by atoms with Crippen LogP contribution in [-0.2, 0) is 0 Å². The summed E-state index contributed by atoms with van der Waals surface area (Å²) >= 11 is 2.03. The zero-order valence-corrected chi connectivity index (χ0v) is 8.85. The van der Waals surface area contributed by atoms with Gasteiger partial charge in [0.2, 0.25) is 0 Å². The summed E-state index contributed by atoms with van der Waals surface area (Å²) in [5.74, 6) is -0.0897. The van der Waals surface area contributed by atoms with Crippen LogP contribution in [0, 0.1) is 13.8 Å². The summed E-state index contributed by atoms with van der Waals surface area (Å²) in [7, 11) is 0. The topological polar surface area (TPSA) is 61.0 Å². The Hall–Kier alpha value is -0.660. The fourth-order valence-corrected chi connectivity index (χ4v) is 1.75. The van der Waals surface area contributed by atoms with E-state index in [1.165, 1.54) is 6.07 Å². The van der Waals surface area contributed by atoms with Crippen LogP contribution < -0.4 is 0 Å². The molecule has 0 saturated heterocycles. The SMILES string of the molecule is CC(C)n1nc([N+](=O)[O-])cc1I. The Morgan fingerprint density at radius 3 is 2.58 bits per heavy atom. The first-order valence-electron chi connectivity index (χ1n) is 3.42. The Morgan fingerprint density at radius 1 is 1.75 bits per heavy atom. The number of rotatable bonds is 2. The number of nitro groups is 1. The van der Waals surface area contributed by atoms with E-state index < -0.39 is 4.92 Å². The summed E-state index contributed by atoms with van der Waals surface area (Å²) in [5.41, 5.74) is 0. The summed E-state index contributed by atoms with van der Waals surface area (Å²) < 4.78 is 2.41. The van der Waals surface area contributed by atoms with Crippen molar-refractivity contribution < 1.29 is 4.92 Å². The minimum atomic E-state index is -0.485. The molecule has 12 heavy (non-hydrogen) atoms. The lowest BCUT2D eigenvalue weighted by atomic mass is 10.4. The van der Waals surface area contributed by atoms with E-state index in [2.05, 4.69) is 5.10 Å². The van der Waals surface area contributed by atoms with E-state index in [1.54, 1.807) is 4.68 Å². The second-order valence-corrected chi connectivity index (χ2v) is 3.73. The molecule has 0 aliphatic rings. The van der Waals surface area contributed by atoms with Gasteiger partial charge < -0.3 is 10.1 Å². The van der Waals surface area contributed by atoms with Crippen LogP contribution in [0.4, 0.5) is 5.82 Å². The molecule has 1 aromatic heterocycles. The molecular formula is C6H8IN3O2. The summed E-state index contributed by atoms with van der Waals surface area (Å²) in [4.78, 5) is 9.83. The van der Waals surface area contributed by atoms with E-state index in [-0.39, 0.29) is 11.9 Å². The van der Waals surface area contributed by atoms with Gasteiger partial charge in [0.05, 0.1) is 17.2 Å². The van der Waals surface area contributed by atoms with E-state index in [1.807, 2.05) is 36.4 Å². The quantitative estimate of drug-likeness (QED) is 0.473. The van der Waals surface area contributed by atoms with Crippen molar-refractivity contribution >= 4 is 28.4 Å². The zero-order valence-electron chi connectivity index (χ0n) is 6.69. The normalized spacial score (nSPS) is 10.7. The Labute approximate surface area is 83.0 Å². The molecule has 1 aromatic rings. The van der Waals surface area contributed by atoms with Crippen LogP contribution in [0.2, 0.25) is 0 Å². The van der Waals surface area contributed by atoms with E-state index in [0.717, 1.165) is 3.70 Å². The summed E-state index contributed by atoms with van der Waals surface area (Å²) in [6.07, 6.45) is 0. The molecule has 0 radical (unpaired) electrons. The summed E-state index contributed by atoms with van der Waals surface area (Å²) in [5, 5.41) is 14.1. The molecule has 0 spiro atoms. The molecule has 1 rings (SSSR count). The molecule has 1 heterocycles. The average molecular weight is 281 g/mol. The lowest BCUT2D eigenvalue weighted by Crippen LogP contribution is -2.04. The van der Waals surface area contributed by atoms with Gasteiger partial charge in [-0.05, 0) is 41.4 Å². The maximum atomic E-state index is 10.3. The molecule has 0 unspecified atom stereocenters. The first-order chi connectivity index (χ1) is 5.52. The predicted molar refractivity (Wildman–Crippen MR) is 52.0 cm³/mol. The summed E-state index contributed by atoms with van der Waals surface area (Å²) in [6, 6.07) is 1.62. The van der Waals surface area contributed by atoms with Crippen LogP contribution in [0.25, 0.3) is 0 Å². The fraction of sp³-hybridized carbons (Fsp3) is 0.500. The highest BCUT2D eigenvalue weighted by Gasteiger charge is 2.17. The van der Waals surface area contributed by atoms with Gasteiger partial charge in [0.1, 0.15) is 3.70 Å². The molecule has 0 amide bonds. The van der Waals surface area contributed by atoms with Crippen LogP contribution in [0.5, 0.6) is 0 Å². The van der Waals surface area contributed by atoms with Crippen molar-refractivity contribution in [3.63, 3.8) is 0 Å². The Kier molecular flexibility index (Phi) is 2.65. The van der Waals surface area contributed by atoms with Gasteiger partial charge >= 0.3 is 5.82 Å². The second-order valence-electron chi connectivity index (χ2n) is 2.62. The van der Waals surface area contributed by atoms with Gasteiger partial charge in [-0.2, -0.15) is 4.68 Å². The Bertz CT molecular complexity index is 308. The maximum Gasteiger partial charge on any atom is 0.391 e. The first kappa shape index (κ1) is 9.43. The van der Waals surface area contributed by atoms with Gasteiger partial charge in [0, 0.05) is 0 Å². The number of aromatic nitrogens is 2. The largest absolute Gasteiger partial charge is 0.391 e. The average Bonchev–Trinajstić information content (AvgIpc) is 2.30. The zero-order chi connectivity index (χ0) is 9.30. The van der Waals surface area contributed by atoms with Crippen LogP contribution in [0.1, 0.15) is 19.9 Å². The molecule has 0 aliphatic heterocycles. The number of hydrogen-bond donors (Lipinski definition) is 0. The standard InChI is InChI=1S/C6H8IN3O2/c1-4(2)9-5(7)3-6(8-9)10(11)12/h3-4H,1-2H3. The van der Waals surface area contributed by atoms with Crippen molar-refractivity contribution in [2.45, 2.75) is 19.9 Å². The van der Waals surface area contributed by atoms with Crippen LogP contribution in [0.3, 0.4) is 0 Å². The van der Waals surface area contributed by atoms with E-state index in [9.17, 15) is 10.1 Å². The lowest BCUT2D eigenvalue weighted by Gasteiger charge is -1.99. The molecule has 6 heteroatoms. The smallest absolute Gasteiger partial charge is 0.358 e. The van der Waals surface area contributed by atoms with Crippen molar-refractivity contribution in [3.8, 4) is 0 Å². The van der Waals surface area contributed by atoms with Crippen LogP contribution >= 0.6 is 22.6 Å². The summed E-state index contributed by atoms with van der Waals surface area (Å²) in [6.45, 7) is 3.86. The molecule has 0 atom stereocenters. The molecule has 0 saturated carbocycles. The minimum absolute atomic E-state index is 0.0897. The van der Waals surface area contributed by atoms with Gasteiger partial charge in [-0.25, -0.2) is 0 Å². The molecule has 0 aromatic carbocycles. The van der Waals surface area contributed by atoms with E-state index in [0.29, 0.717) is 0 Å². The van der Waals surface area contributed by atoms with E-state index in [4.69, 9.17) is 0 Å². The molecule has 0 aliphatic carbocycles. The monoisotopic (exact) mass is 281 g/mol. The number of nitrogens with zero attached hydrogens (tertiary/aromatic N) is 3. The molecular weight excluding hydrogens is 273 g/mol. The third-order valence-corrected chi connectivity index (χ3v) is 2.16. The Morgan fingerprint density at radius 2 is 2.33 bits per heavy atom. The van der Waals surface area contributed by atoms with Crippen molar-refractivity contribution in [1.29, 1.82) is 0 Å². The molecule has 0 fully saturated rings. The van der Waals surface area contributed by atoms with Crippen molar-refractivity contribution in [2.24, 2.45) is 0 Å². The van der Waals surface area contributed by atoms with Crippen molar-refractivity contribution in [1.82, 2.24) is 9.78 Å². The minimum Gasteiger partial charge on any atom is -0.358 e. The number of halogens is 1. The van der Waals surface area contributed by atoms with Crippen molar-refractivity contribution in [3.05, 3.63) is 19.9 Å². The molecule has 5 nitrogen and oxygen atoms in total. The third kappa shape index (κ3) is 1.74. The highest BCUT2D eigenvalue weighted by molar-refractivity contribution is 14.1. The van der Waals surface area contributed by atoms with Gasteiger partial charge in [-0.1, -0.05) is 0 Å². The van der Waals surface area contributed by atoms with Gasteiger partial charge in [-0.3, -0.25) is 0 Å². The van der Waals surface area contributed by atoms with Gasteiger partial charge in [0.25, 0.3) is 0 Å². The molecule has 66 valence electrons. The van der Waals surface area contributed by atoms with E-state index >= 15 is 0 Å². The maximum absolute atomic E-state index is 10.3. The van der Waals surface area contributed by atoms with Crippen LogP contribution in [-0.4, -0.2) is 14.7 Å². The van der Waals surface area contributed by atoms with Crippen molar-refractivity contribution in [2.75, 3.05) is 0 Å². The highest BCUT2D eigenvalue weighted by atomic mass is 127. The lowest BCUT2D eigenvalue weighted by molar-refractivity contribution is -0.389. The second kappa shape index (κ2) is 3.38. The fourth-order valence-electron chi connectivity index (χ4n) is 0.811. The highest BCUT2D eigenvalue weighted by Crippen LogP contribution is 2.17.